The van der Waals surface area contributed by atoms with Crippen molar-refractivity contribution in [3.63, 3.8) is 0 Å². The van der Waals surface area contributed by atoms with Crippen LogP contribution in [-0.4, -0.2) is 31.8 Å². The van der Waals surface area contributed by atoms with E-state index in [1.165, 1.54) is 11.3 Å². The summed E-state index contributed by atoms with van der Waals surface area (Å²) in [6, 6.07) is 0. The summed E-state index contributed by atoms with van der Waals surface area (Å²) in [5.41, 5.74) is 0.0663. The minimum absolute atomic E-state index is 0.168. The Bertz CT molecular complexity index is 566. The third kappa shape index (κ3) is 2.71. The minimum Gasteiger partial charge on any atom is -0.391 e. The monoisotopic (exact) mass is 305 g/mol. The highest BCUT2D eigenvalue weighted by Gasteiger charge is 2.41. The first-order valence-electron chi connectivity index (χ1n) is 6.13. The number of ether oxygens (including phenoxy) is 1. The van der Waals surface area contributed by atoms with Crippen molar-refractivity contribution in [3.05, 3.63) is 15.8 Å². The summed E-state index contributed by atoms with van der Waals surface area (Å²) in [7, 11) is -3.64. The molecule has 0 saturated carbocycles. The number of thiophene rings is 1. The van der Waals surface area contributed by atoms with E-state index in [0.717, 1.165) is 0 Å². The zero-order valence-electron chi connectivity index (χ0n) is 11.3. The van der Waals surface area contributed by atoms with E-state index in [2.05, 4.69) is 4.72 Å². The third-order valence-corrected chi connectivity index (χ3v) is 6.71. The fourth-order valence-electron chi connectivity index (χ4n) is 2.28. The van der Waals surface area contributed by atoms with Gasteiger partial charge in [-0.2, -0.15) is 0 Å². The first-order valence-corrected chi connectivity index (χ1v) is 8.50. The summed E-state index contributed by atoms with van der Waals surface area (Å²) >= 11 is 1.26. The Kier molecular flexibility index (Phi) is 4.04. The number of aryl methyl sites for hydroxylation is 1. The molecule has 0 aliphatic carbocycles. The lowest BCUT2D eigenvalue weighted by Crippen LogP contribution is -2.50. The fraction of sp³-hybridized carbons (Fsp3) is 0.667. The lowest BCUT2D eigenvalue weighted by Gasteiger charge is -2.28. The number of aliphatic hydroxyl groups excluding tert-OH is 1. The first kappa shape index (κ1) is 14.9. The largest absolute Gasteiger partial charge is 0.391 e. The second-order valence-electron chi connectivity index (χ2n) is 5.12. The van der Waals surface area contributed by atoms with E-state index in [9.17, 15) is 13.5 Å². The van der Waals surface area contributed by atoms with Crippen LogP contribution in [0.3, 0.4) is 0 Å². The molecule has 2 rings (SSSR count). The molecule has 0 bridgehead atoms. The smallest absolute Gasteiger partial charge is 0.242 e. The molecular formula is C12H19NO4S2. The summed E-state index contributed by atoms with van der Waals surface area (Å²) in [6.07, 6.45) is 0.476. The Morgan fingerprint density at radius 1 is 1.63 bits per heavy atom. The van der Waals surface area contributed by atoms with Crippen molar-refractivity contribution in [1.29, 1.82) is 0 Å². The Morgan fingerprint density at radius 3 is 2.84 bits per heavy atom. The summed E-state index contributed by atoms with van der Waals surface area (Å²) in [5.74, 6) is 0. The van der Waals surface area contributed by atoms with Crippen LogP contribution in [0.15, 0.2) is 10.3 Å². The van der Waals surface area contributed by atoms with Crippen molar-refractivity contribution in [2.75, 3.05) is 6.61 Å². The quantitative estimate of drug-likeness (QED) is 0.881. The topological polar surface area (TPSA) is 75.6 Å². The highest BCUT2D eigenvalue weighted by atomic mass is 32.2. The van der Waals surface area contributed by atoms with Gasteiger partial charge in [-0.25, -0.2) is 13.1 Å². The Labute approximate surface area is 117 Å². The highest BCUT2D eigenvalue weighted by molar-refractivity contribution is 7.89. The van der Waals surface area contributed by atoms with Crippen LogP contribution in [0.1, 0.15) is 30.7 Å². The summed E-state index contributed by atoms with van der Waals surface area (Å²) in [5, 5.41) is 11.0. The normalized spacial score (nSPS) is 27.9. The molecule has 1 aliphatic heterocycles. The van der Waals surface area contributed by atoms with Gasteiger partial charge < -0.3 is 9.84 Å². The molecule has 5 nitrogen and oxygen atoms in total. The molecule has 2 heterocycles. The van der Waals surface area contributed by atoms with Gasteiger partial charge >= 0.3 is 0 Å². The van der Waals surface area contributed by atoms with Crippen LogP contribution in [-0.2, 0) is 21.4 Å². The van der Waals surface area contributed by atoms with Gasteiger partial charge in [0.25, 0.3) is 0 Å². The van der Waals surface area contributed by atoms with E-state index < -0.39 is 15.6 Å². The van der Waals surface area contributed by atoms with Crippen LogP contribution < -0.4 is 4.72 Å². The van der Waals surface area contributed by atoms with Crippen molar-refractivity contribution in [3.8, 4) is 0 Å². The van der Waals surface area contributed by atoms with Crippen LogP contribution in [0, 0.1) is 6.92 Å². The van der Waals surface area contributed by atoms with Gasteiger partial charge in [0, 0.05) is 6.61 Å². The SMILES string of the molecule is Cc1csc(CO)c1S(=O)(=O)NC1(C)CCOC1C. The van der Waals surface area contributed by atoms with Gasteiger partial charge in [-0.15, -0.1) is 11.3 Å². The maximum atomic E-state index is 12.5. The molecule has 1 saturated heterocycles. The lowest BCUT2D eigenvalue weighted by atomic mass is 9.97. The standard InChI is InChI=1S/C12H19NO4S2/c1-8-7-18-10(6-14)11(8)19(15,16)13-12(3)4-5-17-9(12)2/h7,9,13-14H,4-6H2,1-3H3. The number of hydrogen-bond donors (Lipinski definition) is 2. The van der Waals surface area contributed by atoms with Crippen LogP contribution in [0.4, 0.5) is 0 Å². The van der Waals surface area contributed by atoms with E-state index in [0.29, 0.717) is 23.5 Å². The Morgan fingerprint density at radius 2 is 2.32 bits per heavy atom. The highest BCUT2D eigenvalue weighted by Crippen LogP contribution is 2.31. The zero-order chi connectivity index (χ0) is 14.3. The molecule has 2 atom stereocenters. The third-order valence-electron chi connectivity index (χ3n) is 3.66. The number of rotatable bonds is 4. The number of hydrogen-bond acceptors (Lipinski definition) is 5. The molecule has 1 aromatic rings. The van der Waals surface area contributed by atoms with Crippen molar-refractivity contribution >= 4 is 21.4 Å². The van der Waals surface area contributed by atoms with Crippen molar-refractivity contribution in [2.45, 2.75) is 50.3 Å². The van der Waals surface area contributed by atoms with Gasteiger partial charge in [-0.3, -0.25) is 0 Å². The molecular weight excluding hydrogens is 286 g/mol. The van der Waals surface area contributed by atoms with Gasteiger partial charge in [-0.1, -0.05) is 0 Å². The number of sulfonamides is 1. The summed E-state index contributed by atoms with van der Waals surface area (Å²) in [4.78, 5) is 0.681. The van der Waals surface area contributed by atoms with Gasteiger partial charge in [0.1, 0.15) is 4.90 Å². The Hall–Kier alpha value is -0.470. The predicted octanol–water partition coefficient (Wildman–Crippen LogP) is 1.39. The molecule has 1 aromatic heterocycles. The van der Waals surface area contributed by atoms with E-state index >= 15 is 0 Å². The molecule has 19 heavy (non-hydrogen) atoms. The average Bonchev–Trinajstić information content (AvgIpc) is 2.83. The molecule has 0 spiro atoms. The number of aliphatic hydroxyl groups is 1. The molecule has 1 fully saturated rings. The second-order valence-corrected chi connectivity index (χ2v) is 7.70. The van der Waals surface area contributed by atoms with Crippen LogP contribution in [0.2, 0.25) is 0 Å². The minimum atomic E-state index is -3.64. The van der Waals surface area contributed by atoms with E-state index in [1.54, 1.807) is 12.3 Å². The van der Waals surface area contributed by atoms with E-state index in [1.807, 2.05) is 13.8 Å². The van der Waals surface area contributed by atoms with Crippen LogP contribution in [0.5, 0.6) is 0 Å². The van der Waals surface area contributed by atoms with Crippen molar-refractivity contribution < 1.29 is 18.3 Å². The molecule has 7 heteroatoms. The fourth-order valence-corrected chi connectivity index (χ4v) is 5.44. The molecule has 2 unspecified atom stereocenters. The maximum Gasteiger partial charge on any atom is 0.242 e. The average molecular weight is 305 g/mol. The lowest BCUT2D eigenvalue weighted by molar-refractivity contribution is 0.0957. The maximum absolute atomic E-state index is 12.5. The summed E-state index contributed by atoms with van der Waals surface area (Å²) < 4.78 is 33.2. The number of nitrogens with one attached hydrogen (secondary N) is 1. The second kappa shape index (κ2) is 5.14. The van der Waals surface area contributed by atoms with Crippen molar-refractivity contribution in [2.24, 2.45) is 0 Å². The first-order chi connectivity index (χ1) is 8.80. The molecule has 1 aliphatic rings. The molecule has 108 valence electrons. The molecule has 2 N–H and O–H groups in total. The predicted molar refractivity (Wildman–Crippen MR) is 73.7 cm³/mol. The zero-order valence-corrected chi connectivity index (χ0v) is 12.9. The molecule has 0 aromatic carbocycles. The van der Waals surface area contributed by atoms with Gasteiger partial charge in [0.2, 0.25) is 10.0 Å². The summed E-state index contributed by atoms with van der Waals surface area (Å²) in [6.45, 7) is 5.74. The molecule has 0 amide bonds. The Balaban J connectivity index is 2.35. The van der Waals surface area contributed by atoms with Crippen molar-refractivity contribution in [1.82, 2.24) is 4.72 Å². The van der Waals surface area contributed by atoms with E-state index in [-0.39, 0.29) is 17.6 Å². The van der Waals surface area contributed by atoms with Crippen LogP contribution in [0.25, 0.3) is 0 Å². The van der Waals surface area contributed by atoms with Crippen LogP contribution >= 0.6 is 11.3 Å². The van der Waals surface area contributed by atoms with Gasteiger partial charge in [-0.05, 0) is 38.1 Å². The van der Waals surface area contributed by atoms with E-state index in [4.69, 9.17) is 4.74 Å². The van der Waals surface area contributed by atoms with Gasteiger partial charge in [0.05, 0.1) is 23.1 Å². The molecule has 0 radical (unpaired) electrons. The van der Waals surface area contributed by atoms with Gasteiger partial charge in [0.15, 0.2) is 0 Å².